The van der Waals surface area contributed by atoms with E-state index in [1.54, 1.807) is 12.2 Å². The summed E-state index contributed by atoms with van der Waals surface area (Å²) in [6.45, 7) is 10.1. The lowest BCUT2D eigenvalue weighted by Crippen LogP contribution is -2.34. The molecule has 0 aromatic carbocycles. The summed E-state index contributed by atoms with van der Waals surface area (Å²) in [4.78, 5) is 26.6. The van der Waals surface area contributed by atoms with E-state index in [4.69, 9.17) is 0 Å². The van der Waals surface area contributed by atoms with E-state index in [1.165, 1.54) is 16.8 Å². The van der Waals surface area contributed by atoms with Crippen LogP contribution in [0.5, 0.6) is 0 Å². The summed E-state index contributed by atoms with van der Waals surface area (Å²) in [6, 6.07) is 1.34. The number of hydrogen-bond acceptors (Lipinski definition) is 3. The summed E-state index contributed by atoms with van der Waals surface area (Å²) >= 11 is 0. The zero-order valence-electron chi connectivity index (χ0n) is 9.76. The fourth-order valence-electron chi connectivity index (χ4n) is 1.49. The summed E-state index contributed by atoms with van der Waals surface area (Å²) in [6.07, 6.45) is 5.11. The van der Waals surface area contributed by atoms with Gasteiger partial charge < -0.3 is 0 Å². The molecule has 1 aromatic heterocycles. The van der Waals surface area contributed by atoms with Gasteiger partial charge in [-0.25, -0.2) is 4.79 Å². The van der Waals surface area contributed by atoms with Gasteiger partial charge in [0.25, 0.3) is 5.56 Å². The number of H-pyrrole nitrogens is 1. The van der Waals surface area contributed by atoms with Gasteiger partial charge in [0.05, 0.1) is 0 Å². The Bertz CT molecular complexity index is 477. The maximum Gasteiger partial charge on any atom is 0.328 e. The largest absolute Gasteiger partial charge is 0.328 e. The van der Waals surface area contributed by atoms with Crippen LogP contribution in [0.1, 0.15) is 0 Å². The second kappa shape index (κ2) is 6.65. The zero-order valence-corrected chi connectivity index (χ0v) is 9.76. The molecule has 0 radical (unpaired) electrons. The van der Waals surface area contributed by atoms with Crippen molar-refractivity contribution in [3.05, 3.63) is 58.4 Å². The molecule has 17 heavy (non-hydrogen) atoms. The summed E-state index contributed by atoms with van der Waals surface area (Å²) in [5.74, 6) is 0. The molecule has 1 heterocycles. The Balaban J connectivity index is 2.64. The third-order valence-electron chi connectivity index (χ3n) is 2.33. The predicted molar refractivity (Wildman–Crippen MR) is 68.2 cm³/mol. The molecule has 0 unspecified atom stereocenters. The van der Waals surface area contributed by atoms with Crippen molar-refractivity contribution in [1.82, 2.24) is 14.5 Å². The van der Waals surface area contributed by atoms with Crippen LogP contribution in [-0.2, 0) is 6.54 Å². The maximum absolute atomic E-state index is 11.4. The monoisotopic (exact) mass is 235 g/mol. The van der Waals surface area contributed by atoms with Gasteiger partial charge in [-0.05, 0) is 0 Å². The molecule has 92 valence electrons. The highest BCUT2D eigenvalue weighted by Gasteiger charge is 2.02. The lowest BCUT2D eigenvalue weighted by molar-refractivity contribution is 0.316. The van der Waals surface area contributed by atoms with Gasteiger partial charge in [-0.15, -0.1) is 13.2 Å². The average molecular weight is 235 g/mol. The minimum atomic E-state index is -0.380. The molecule has 0 aliphatic rings. The summed E-state index contributed by atoms with van der Waals surface area (Å²) < 4.78 is 1.47. The Kier molecular flexibility index (Phi) is 5.16. The normalized spacial score (nSPS) is 10.4. The number of nitrogens with one attached hydrogen (secondary N) is 1. The second-order valence-corrected chi connectivity index (χ2v) is 3.64. The average Bonchev–Trinajstić information content (AvgIpc) is 2.28. The van der Waals surface area contributed by atoms with E-state index < -0.39 is 0 Å². The first-order valence-electron chi connectivity index (χ1n) is 5.41. The van der Waals surface area contributed by atoms with E-state index in [0.717, 1.165) is 13.1 Å². The van der Waals surface area contributed by atoms with Crippen LogP contribution in [0, 0.1) is 0 Å². The van der Waals surface area contributed by atoms with Crippen molar-refractivity contribution in [2.24, 2.45) is 0 Å². The molecule has 0 aliphatic heterocycles. The van der Waals surface area contributed by atoms with Gasteiger partial charge in [0, 0.05) is 38.4 Å². The molecule has 5 nitrogen and oxygen atoms in total. The van der Waals surface area contributed by atoms with Crippen LogP contribution in [-0.4, -0.2) is 34.1 Å². The smallest absolute Gasteiger partial charge is 0.299 e. The molecule has 0 bridgehead atoms. The highest BCUT2D eigenvalue weighted by Crippen LogP contribution is 1.90. The Morgan fingerprint density at radius 1 is 1.29 bits per heavy atom. The van der Waals surface area contributed by atoms with Gasteiger partial charge >= 0.3 is 5.69 Å². The van der Waals surface area contributed by atoms with Crippen LogP contribution in [0.25, 0.3) is 0 Å². The van der Waals surface area contributed by atoms with Crippen molar-refractivity contribution in [1.29, 1.82) is 0 Å². The zero-order chi connectivity index (χ0) is 12.7. The Hall–Kier alpha value is -1.88. The predicted octanol–water partition coefficient (Wildman–Crippen LogP) is 0.211. The van der Waals surface area contributed by atoms with Gasteiger partial charge in [0.2, 0.25) is 0 Å². The van der Waals surface area contributed by atoms with Crippen LogP contribution < -0.4 is 11.2 Å². The summed E-state index contributed by atoms with van der Waals surface area (Å²) in [7, 11) is 0. The standard InChI is InChI=1S/C12H17N3O2/c1-3-6-14(7-4-2)9-10-15-8-5-11(16)13-12(15)17/h3-5,8H,1-2,6-7,9-10H2,(H,13,16,17). The molecule has 0 atom stereocenters. The molecule has 5 heteroatoms. The van der Waals surface area contributed by atoms with Gasteiger partial charge in [-0.2, -0.15) is 0 Å². The van der Waals surface area contributed by atoms with Crippen LogP contribution in [0.3, 0.4) is 0 Å². The van der Waals surface area contributed by atoms with E-state index in [-0.39, 0.29) is 11.2 Å². The Morgan fingerprint density at radius 3 is 2.47 bits per heavy atom. The van der Waals surface area contributed by atoms with E-state index in [1.807, 2.05) is 0 Å². The topological polar surface area (TPSA) is 58.1 Å². The Labute approximate surface area is 99.7 Å². The minimum absolute atomic E-state index is 0.375. The summed E-state index contributed by atoms with van der Waals surface area (Å²) in [5, 5.41) is 0. The first kappa shape index (κ1) is 13.2. The third-order valence-corrected chi connectivity index (χ3v) is 2.33. The molecule has 1 aromatic rings. The molecule has 1 N–H and O–H groups in total. The fourth-order valence-corrected chi connectivity index (χ4v) is 1.49. The number of hydrogen-bond donors (Lipinski definition) is 1. The van der Waals surface area contributed by atoms with E-state index in [9.17, 15) is 9.59 Å². The van der Waals surface area contributed by atoms with Gasteiger partial charge in [-0.3, -0.25) is 19.2 Å². The third kappa shape index (κ3) is 4.24. The molecule has 0 aliphatic carbocycles. The van der Waals surface area contributed by atoms with Crippen molar-refractivity contribution >= 4 is 0 Å². The Morgan fingerprint density at radius 2 is 1.94 bits per heavy atom. The van der Waals surface area contributed by atoms with Crippen molar-refractivity contribution in [3.8, 4) is 0 Å². The van der Waals surface area contributed by atoms with Crippen LogP contribution in [0.15, 0.2) is 47.2 Å². The van der Waals surface area contributed by atoms with E-state index in [2.05, 4.69) is 23.0 Å². The van der Waals surface area contributed by atoms with Gasteiger partial charge in [0.15, 0.2) is 0 Å². The van der Waals surface area contributed by atoms with Gasteiger partial charge in [-0.1, -0.05) is 12.2 Å². The molecule has 0 fully saturated rings. The molecular formula is C12H17N3O2. The number of aromatic amines is 1. The highest BCUT2D eigenvalue weighted by atomic mass is 16.2. The van der Waals surface area contributed by atoms with Crippen LogP contribution in [0.2, 0.25) is 0 Å². The minimum Gasteiger partial charge on any atom is -0.299 e. The molecule has 1 rings (SSSR count). The molecule has 0 saturated carbocycles. The first-order valence-corrected chi connectivity index (χ1v) is 5.41. The van der Waals surface area contributed by atoms with E-state index >= 15 is 0 Å². The molecule has 0 amide bonds. The molecule has 0 saturated heterocycles. The molecule has 0 spiro atoms. The lowest BCUT2D eigenvalue weighted by atomic mass is 10.4. The highest BCUT2D eigenvalue weighted by molar-refractivity contribution is 4.84. The maximum atomic E-state index is 11.4. The number of rotatable bonds is 7. The SMILES string of the molecule is C=CCN(CC=C)CCn1ccc(=O)[nH]c1=O. The van der Waals surface area contributed by atoms with E-state index in [0.29, 0.717) is 13.1 Å². The van der Waals surface area contributed by atoms with Crippen molar-refractivity contribution < 1.29 is 0 Å². The number of aromatic nitrogens is 2. The second-order valence-electron chi connectivity index (χ2n) is 3.64. The van der Waals surface area contributed by atoms with Crippen molar-refractivity contribution in [2.45, 2.75) is 6.54 Å². The molecular weight excluding hydrogens is 218 g/mol. The first-order chi connectivity index (χ1) is 8.17. The number of nitrogens with zero attached hydrogens (tertiary/aromatic N) is 2. The van der Waals surface area contributed by atoms with Crippen molar-refractivity contribution in [2.75, 3.05) is 19.6 Å². The summed E-state index contributed by atoms with van der Waals surface area (Å²) in [5.41, 5.74) is -0.755. The van der Waals surface area contributed by atoms with Gasteiger partial charge in [0.1, 0.15) is 0 Å². The quantitative estimate of drug-likeness (QED) is 0.687. The fraction of sp³-hybridized carbons (Fsp3) is 0.333. The van der Waals surface area contributed by atoms with Crippen molar-refractivity contribution in [3.63, 3.8) is 0 Å². The van der Waals surface area contributed by atoms with Crippen LogP contribution >= 0.6 is 0 Å². The van der Waals surface area contributed by atoms with Crippen LogP contribution in [0.4, 0.5) is 0 Å². The lowest BCUT2D eigenvalue weighted by Gasteiger charge is -2.18.